The summed E-state index contributed by atoms with van der Waals surface area (Å²) in [6.45, 7) is 11.2. The van der Waals surface area contributed by atoms with E-state index in [2.05, 4.69) is 35.9 Å². The van der Waals surface area contributed by atoms with E-state index in [1.165, 1.54) is 25.7 Å². The van der Waals surface area contributed by atoms with Crippen LogP contribution < -0.4 is 5.32 Å². The minimum atomic E-state index is -0.0806. The van der Waals surface area contributed by atoms with Gasteiger partial charge >= 0.3 is 0 Å². The zero-order valence-corrected chi connectivity index (χ0v) is 13.5. The molecule has 1 saturated heterocycles. The first-order chi connectivity index (χ1) is 9.50. The lowest BCUT2D eigenvalue weighted by Crippen LogP contribution is -2.53. The topological polar surface area (TPSA) is 35.6 Å². The van der Waals surface area contributed by atoms with Gasteiger partial charge in [0.1, 0.15) is 0 Å². The molecule has 1 aliphatic heterocycles. The molecule has 0 aromatic carbocycles. The molecule has 1 saturated carbocycles. The quantitative estimate of drug-likeness (QED) is 0.835. The summed E-state index contributed by atoms with van der Waals surface area (Å²) in [7, 11) is 0. The zero-order chi connectivity index (χ0) is 14.6. The normalized spacial score (nSPS) is 23.1. The van der Waals surface area contributed by atoms with E-state index in [1.54, 1.807) is 0 Å². The van der Waals surface area contributed by atoms with Crippen LogP contribution in [0, 0.1) is 0 Å². The largest absolute Gasteiger partial charge is 0.350 e. The molecule has 0 aromatic rings. The van der Waals surface area contributed by atoms with Gasteiger partial charge in [0.2, 0.25) is 5.91 Å². The number of rotatable bonds is 5. The summed E-state index contributed by atoms with van der Waals surface area (Å²) < 4.78 is 0. The first-order valence-electron chi connectivity index (χ1n) is 8.27. The van der Waals surface area contributed by atoms with E-state index < -0.39 is 0 Å². The SMILES string of the molecule is CCC(C)(C)NC(=O)CN1CCN(C2CCCC2)CC1. The van der Waals surface area contributed by atoms with E-state index in [-0.39, 0.29) is 11.4 Å². The van der Waals surface area contributed by atoms with E-state index in [9.17, 15) is 4.79 Å². The van der Waals surface area contributed by atoms with Crippen LogP contribution in [0.2, 0.25) is 0 Å². The van der Waals surface area contributed by atoms with Crippen molar-refractivity contribution in [2.75, 3.05) is 32.7 Å². The molecule has 2 rings (SSSR count). The Morgan fingerprint density at radius 3 is 2.30 bits per heavy atom. The van der Waals surface area contributed by atoms with E-state index in [0.717, 1.165) is 38.6 Å². The zero-order valence-electron chi connectivity index (χ0n) is 13.5. The van der Waals surface area contributed by atoms with E-state index in [0.29, 0.717) is 6.54 Å². The standard InChI is InChI=1S/C16H31N3O/c1-4-16(2,3)17-15(20)13-18-9-11-19(12-10-18)14-7-5-6-8-14/h14H,4-13H2,1-3H3,(H,17,20). The predicted octanol–water partition coefficient (Wildman–Crippen LogP) is 1.85. The second kappa shape index (κ2) is 6.90. The molecular weight excluding hydrogens is 250 g/mol. The molecule has 4 heteroatoms. The fourth-order valence-electron chi connectivity index (χ4n) is 3.26. The van der Waals surface area contributed by atoms with Gasteiger partial charge in [-0.15, -0.1) is 0 Å². The van der Waals surface area contributed by atoms with Crippen molar-refractivity contribution in [2.45, 2.75) is 64.5 Å². The summed E-state index contributed by atoms with van der Waals surface area (Å²) in [5, 5.41) is 3.13. The highest BCUT2D eigenvalue weighted by Crippen LogP contribution is 2.24. The first-order valence-corrected chi connectivity index (χ1v) is 8.27. The van der Waals surface area contributed by atoms with Crippen LogP contribution in [0.15, 0.2) is 0 Å². The van der Waals surface area contributed by atoms with Crippen LogP contribution in [0.25, 0.3) is 0 Å². The fourth-order valence-corrected chi connectivity index (χ4v) is 3.26. The lowest BCUT2D eigenvalue weighted by atomic mass is 10.0. The summed E-state index contributed by atoms with van der Waals surface area (Å²) in [6, 6.07) is 0.824. The summed E-state index contributed by atoms with van der Waals surface area (Å²) >= 11 is 0. The van der Waals surface area contributed by atoms with Crippen molar-refractivity contribution in [1.29, 1.82) is 0 Å². The number of amides is 1. The van der Waals surface area contributed by atoms with Crippen LogP contribution in [0.4, 0.5) is 0 Å². The second-order valence-corrected chi connectivity index (χ2v) is 7.04. The summed E-state index contributed by atoms with van der Waals surface area (Å²) in [6.07, 6.45) is 6.53. The Balaban J connectivity index is 1.70. The Labute approximate surface area is 123 Å². The summed E-state index contributed by atoms with van der Waals surface area (Å²) in [5.74, 6) is 0.172. The third-order valence-electron chi connectivity index (χ3n) is 4.98. The maximum atomic E-state index is 12.1. The van der Waals surface area contributed by atoms with Crippen molar-refractivity contribution < 1.29 is 4.79 Å². The van der Waals surface area contributed by atoms with Gasteiger partial charge in [0.05, 0.1) is 6.54 Å². The molecule has 20 heavy (non-hydrogen) atoms. The van der Waals surface area contributed by atoms with Gasteiger partial charge in [0, 0.05) is 37.8 Å². The number of hydrogen-bond acceptors (Lipinski definition) is 3. The molecule has 1 N–H and O–H groups in total. The number of carbonyl (C=O) groups is 1. The lowest BCUT2D eigenvalue weighted by Gasteiger charge is -2.38. The minimum Gasteiger partial charge on any atom is -0.350 e. The van der Waals surface area contributed by atoms with Crippen LogP contribution in [-0.4, -0.2) is 60.0 Å². The van der Waals surface area contributed by atoms with Crippen molar-refractivity contribution >= 4 is 5.91 Å². The third kappa shape index (κ3) is 4.45. The first kappa shape index (κ1) is 15.8. The number of hydrogen-bond donors (Lipinski definition) is 1. The van der Waals surface area contributed by atoms with Gasteiger partial charge in [-0.25, -0.2) is 0 Å². The van der Waals surface area contributed by atoms with E-state index in [1.807, 2.05) is 0 Å². The van der Waals surface area contributed by atoms with Crippen molar-refractivity contribution in [3.8, 4) is 0 Å². The summed E-state index contributed by atoms with van der Waals surface area (Å²) in [4.78, 5) is 17.0. The van der Waals surface area contributed by atoms with Gasteiger partial charge < -0.3 is 5.32 Å². The Bertz CT molecular complexity index is 316. The van der Waals surface area contributed by atoms with Crippen LogP contribution in [0.3, 0.4) is 0 Å². The molecule has 2 fully saturated rings. The maximum Gasteiger partial charge on any atom is 0.234 e. The van der Waals surface area contributed by atoms with Crippen LogP contribution in [0.1, 0.15) is 52.9 Å². The van der Waals surface area contributed by atoms with E-state index in [4.69, 9.17) is 0 Å². The highest BCUT2D eigenvalue weighted by molar-refractivity contribution is 5.78. The molecule has 1 aliphatic carbocycles. The second-order valence-electron chi connectivity index (χ2n) is 7.04. The molecule has 1 heterocycles. The fraction of sp³-hybridized carbons (Fsp3) is 0.938. The average Bonchev–Trinajstić information content (AvgIpc) is 2.93. The number of nitrogens with zero attached hydrogens (tertiary/aromatic N) is 2. The lowest BCUT2D eigenvalue weighted by molar-refractivity contribution is -0.124. The van der Waals surface area contributed by atoms with Gasteiger partial charge in [-0.2, -0.15) is 0 Å². The maximum absolute atomic E-state index is 12.1. The predicted molar refractivity (Wildman–Crippen MR) is 82.8 cm³/mol. The van der Waals surface area contributed by atoms with Gasteiger partial charge in [-0.1, -0.05) is 19.8 Å². The molecule has 0 bridgehead atoms. The molecule has 0 aromatic heterocycles. The highest BCUT2D eigenvalue weighted by atomic mass is 16.2. The number of nitrogens with one attached hydrogen (secondary N) is 1. The van der Waals surface area contributed by atoms with Crippen molar-refractivity contribution in [2.24, 2.45) is 0 Å². The van der Waals surface area contributed by atoms with E-state index >= 15 is 0 Å². The van der Waals surface area contributed by atoms with Gasteiger partial charge in [-0.3, -0.25) is 14.6 Å². The van der Waals surface area contributed by atoms with Gasteiger partial charge in [0.25, 0.3) is 0 Å². The Morgan fingerprint density at radius 2 is 1.75 bits per heavy atom. The van der Waals surface area contributed by atoms with Crippen molar-refractivity contribution in [1.82, 2.24) is 15.1 Å². The molecule has 2 aliphatic rings. The average molecular weight is 281 g/mol. The molecule has 0 radical (unpaired) electrons. The number of carbonyl (C=O) groups excluding carboxylic acids is 1. The van der Waals surface area contributed by atoms with Crippen LogP contribution in [-0.2, 0) is 4.79 Å². The van der Waals surface area contributed by atoms with Crippen LogP contribution in [0.5, 0.6) is 0 Å². The molecule has 4 nitrogen and oxygen atoms in total. The molecule has 116 valence electrons. The molecule has 1 amide bonds. The smallest absolute Gasteiger partial charge is 0.234 e. The Hall–Kier alpha value is -0.610. The molecule has 0 atom stereocenters. The molecule has 0 spiro atoms. The van der Waals surface area contributed by atoms with Gasteiger partial charge in [-0.05, 0) is 33.1 Å². The minimum absolute atomic E-state index is 0.0806. The van der Waals surface area contributed by atoms with Crippen LogP contribution >= 0.6 is 0 Å². The molecule has 0 unspecified atom stereocenters. The Kier molecular flexibility index (Phi) is 5.44. The number of piperazine rings is 1. The Morgan fingerprint density at radius 1 is 1.15 bits per heavy atom. The monoisotopic (exact) mass is 281 g/mol. The van der Waals surface area contributed by atoms with Gasteiger partial charge in [0.15, 0.2) is 0 Å². The third-order valence-corrected chi connectivity index (χ3v) is 4.98. The van der Waals surface area contributed by atoms with Crippen molar-refractivity contribution in [3.63, 3.8) is 0 Å². The molecular formula is C16H31N3O. The van der Waals surface area contributed by atoms with Crippen molar-refractivity contribution in [3.05, 3.63) is 0 Å². The summed E-state index contributed by atoms with van der Waals surface area (Å²) in [5.41, 5.74) is -0.0806. The highest BCUT2D eigenvalue weighted by Gasteiger charge is 2.27.